The van der Waals surface area contributed by atoms with Crippen molar-refractivity contribution in [3.05, 3.63) is 0 Å². The smallest absolute Gasteiger partial charge is 0.220 e. The number of amides is 1. The van der Waals surface area contributed by atoms with Gasteiger partial charge < -0.3 is 77.2 Å². The van der Waals surface area contributed by atoms with Gasteiger partial charge in [-0.1, -0.05) is 0 Å². The number of nitrogens with two attached hydrogens (primary N) is 3. The average molecular weight is 579 g/mol. The molecule has 1 aliphatic carbocycles. The van der Waals surface area contributed by atoms with Crippen molar-refractivity contribution < 1.29 is 59.5 Å². The van der Waals surface area contributed by atoms with Crippen molar-refractivity contribution >= 4 is 5.91 Å². The van der Waals surface area contributed by atoms with Crippen LogP contribution < -0.4 is 22.5 Å². The summed E-state index contributed by atoms with van der Waals surface area (Å²) in [4.78, 5) is 12.0. The van der Waals surface area contributed by atoms with Crippen molar-refractivity contribution in [2.24, 2.45) is 17.2 Å². The van der Waals surface area contributed by atoms with Crippen LogP contribution in [0.1, 0.15) is 25.7 Å². The highest BCUT2D eigenvalue weighted by atomic mass is 16.7. The number of aliphatic hydroxyl groups excluding tert-OH is 7. The minimum atomic E-state index is -1.75. The number of ether oxygens (including phenoxy) is 4. The Hall–Kier alpha value is -1.53. The maximum atomic E-state index is 12.0. The van der Waals surface area contributed by atoms with E-state index in [-0.39, 0.29) is 25.3 Å². The van der Waals surface area contributed by atoms with Gasteiger partial charge in [-0.05, 0) is 12.8 Å². The Bertz CT molecular complexity index is 864. The van der Waals surface area contributed by atoms with E-state index in [2.05, 4.69) is 11.2 Å². The molecular weight excluding hydrogens is 536 g/mol. The molecule has 3 fully saturated rings. The SMILES string of the molecule is C#CCCCC(=O)NCC1O[C@@H](O[C@H]2C(N)C[C@@H](N)C(O[C@@H]3OC(CO)[C@H](O)C(N)C3O)[C@H]2O)C(O)[C@@H](O)[C@H]1O. The monoisotopic (exact) mass is 578 g/mol. The molecule has 40 heavy (non-hydrogen) atoms. The van der Waals surface area contributed by atoms with Crippen LogP contribution in [0.25, 0.3) is 0 Å². The topological polar surface area (TPSA) is 286 Å². The van der Waals surface area contributed by atoms with Crippen LogP contribution in [0, 0.1) is 12.3 Å². The Morgan fingerprint density at radius 1 is 0.850 bits per heavy atom. The lowest BCUT2D eigenvalue weighted by Gasteiger charge is -2.48. The molecule has 0 radical (unpaired) electrons. The number of hydrogen-bond acceptors (Lipinski definition) is 15. The zero-order valence-electron chi connectivity index (χ0n) is 21.9. The molecule has 14 N–H and O–H groups in total. The number of unbranched alkanes of at least 4 members (excludes halogenated alkanes) is 1. The van der Waals surface area contributed by atoms with Gasteiger partial charge >= 0.3 is 0 Å². The van der Waals surface area contributed by atoms with E-state index in [0.29, 0.717) is 12.8 Å². The van der Waals surface area contributed by atoms with Gasteiger partial charge in [0.25, 0.3) is 0 Å². The first-order chi connectivity index (χ1) is 18.9. The van der Waals surface area contributed by atoms with Crippen molar-refractivity contribution in [2.75, 3.05) is 13.2 Å². The summed E-state index contributed by atoms with van der Waals surface area (Å²) in [7, 11) is 0. The van der Waals surface area contributed by atoms with E-state index < -0.39 is 98.4 Å². The molecule has 2 saturated heterocycles. The fourth-order valence-corrected chi connectivity index (χ4v) is 5.03. The molecular formula is C24H42N4O12. The second-order valence-electron chi connectivity index (χ2n) is 10.4. The first-order valence-electron chi connectivity index (χ1n) is 13.2. The van der Waals surface area contributed by atoms with Crippen LogP contribution in [0.3, 0.4) is 0 Å². The van der Waals surface area contributed by atoms with E-state index in [1.54, 1.807) is 0 Å². The van der Waals surface area contributed by atoms with E-state index in [1.807, 2.05) is 0 Å². The van der Waals surface area contributed by atoms with E-state index in [1.165, 1.54) is 0 Å². The normalized spacial score (nSPS) is 46.0. The second kappa shape index (κ2) is 14.6. The highest BCUT2D eigenvalue weighted by Crippen LogP contribution is 2.31. The number of carbonyl (C=O) groups is 1. The number of hydrogen-bond donors (Lipinski definition) is 11. The Morgan fingerprint density at radius 3 is 2.00 bits per heavy atom. The summed E-state index contributed by atoms with van der Waals surface area (Å²) < 4.78 is 22.6. The molecule has 0 aromatic carbocycles. The van der Waals surface area contributed by atoms with E-state index >= 15 is 0 Å². The van der Waals surface area contributed by atoms with Crippen LogP contribution in [0.4, 0.5) is 0 Å². The Morgan fingerprint density at radius 2 is 1.43 bits per heavy atom. The lowest BCUT2D eigenvalue weighted by molar-refractivity contribution is -0.332. The molecule has 230 valence electrons. The summed E-state index contributed by atoms with van der Waals surface area (Å²) >= 11 is 0. The first kappa shape index (κ1) is 33.0. The predicted molar refractivity (Wildman–Crippen MR) is 134 cm³/mol. The molecule has 2 heterocycles. The molecule has 3 rings (SSSR count). The summed E-state index contributed by atoms with van der Waals surface area (Å²) in [6, 6.07) is -3.00. The zero-order chi connectivity index (χ0) is 29.7. The van der Waals surface area contributed by atoms with Crippen LogP contribution in [-0.4, -0.2) is 147 Å². The fourth-order valence-electron chi connectivity index (χ4n) is 5.03. The van der Waals surface area contributed by atoms with Crippen LogP contribution in [-0.2, 0) is 23.7 Å². The Labute approximate surface area is 231 Å². The second-order valence-corrected chi connectivity index (χ2v) is 10.4. The molecule has 1 amide bonds. The van der Waals surface area contributed by atoms with Gasteiger partial charge in [-0.25, -0.2) is 0 Å². The largest absolute Gasteiger partial charge is 0.394 e. The lowest BCUT2D eigenvalue weighted by Crippen LogP contribution is -2.68. The standard InChI is InChI=1S/C24H42N4O12/c1-2-3-4-5-13(30)28-7-11-16(32)18(34)19(35)24(37-11)40-22-10(26)6-9(25)21(20(22)36)39-23-17(33)14(27)15(31)12(8-29)38-23/h1,9-12,14-24,29,31-36H,3-8,25-27H2,(H,28,30)/t9-,10?,11?,12?,14?,15+,16+,17?,18+,19?,20-,21?,22+,23+,24+/m1/s1. The molecule has 0 spiro atoms. The van der Waals surface area contributed by atoms with E-state index in [0.717, 1.165) is 0 Å². The molecule has 1 saturated carbocycles. The Kier molecular flexibility index (Phi) is 12.0. The van der Waals surface area contributed by atoms with Crippen molar-refractivity contribution in [3.63, 3.8) is 0 Å². The number of rotatable bonds is 10. The Balaban J connectivity index is 1.67. The van der Waals surface area contributed by atoms with Crippen molar-refractivity contribution in [1.29, 1.82) is 0 Å². The molecule has 0 bridgehead atoms. The van der Waals surface area contributed by atoms with Crippen LogP contribution >= 0.6 is 0 Å². The van der Waals surface area contributed by atoms with Crippen LogP contribution in [0.2, 0.25) is 0 Å². The molecule has 16 heteroatoms. The van der Waals surface area contributed by atoms with Crippen molar-refractivity contribution in [1.82, 2.24) is 5.32 Å². The minimum Gasteiger partial charge on any atom is -0.394 e. The molecule has 2 aliphatic heterocycles. The van der Waals surface area contributed by atoms with Crippen molar-refractivity contribution in [3.8, 4) is 12.3 Å². The van der Waals surface area contributed by atoms with Gasteiger partial charge in [0.2, 0.25) is 5.91 Å². The van der Waals surface area contributed by atoms with E-state index in [4.69, 9.17) is 42.6 Å². The van der Waals surface area contributed by atoms with Gasteiger partial charge in [0.1, 0.15) is 61.0 Å². The summed E-state index contributed by atoms with van der Waals surface area (Å²) in [6.45, 7) is -0.834. The van der Waals surface area contributed by atoms with Gasteiger partial charge in [-0.2, -0.15) is 0 Å². The quantitative estimate of drug-likeness (QED) is 0.0849. The number of aliphatic hydroxyl groups is 7. The summed E-state index contributed by atoms with van der Waals surface area (Å²) in [5.41, 5.74) is 18.1. The molecule has 7 unspecified atom stereocenters. The predicted octanol–water partition coefficient (Wildman–Crippen LogP) is -6.33. The highest BCUT2D eigenvalue weighted by Gasteiger charge is 2.51. The summed E-state index contributed by atoms with van der Waals surface area (Å²) in [5, 5.41) is 74.9. The third kappa shape index (κ3) is 7.45. The zero-order valence-corrected chi connectivity index (χ0v) is 21.9. The first-order valence-corrected chi connectivity index (χ1v) is 13.2. The summed E-state index contributed by atoms with van der Waals surface area (Å²) in [5.74, 6) is 2.07. The molecule has 3 aliphatic rings. The molecule has 15 atom stereocenters. The summed E-state index contributed by atoms with van der Waals surface area (Å²) in [6.07, 6.45) is -11.2. The third-order valence-corrected chi connectivity index (χ3v) is 7.48. The maximum absolute atomic E-state index is 12.0. The van der Waals surface area contributed by atoms with Crippen LogP contribution in [0.5, 0.6) is 0 Å². The molecule has 0 aromatic heterocycles. The number of carbonyl (C=O) groups excluding carboxylic acids is 1. The molecule has 16 nitrogen and oxygen atoms in total. The van der Waals surface area contributed by atoms with Gasteiger partial charge in [-0.3, -0.25) is 4.79 Å². The van der Waals surface area contributed by atoms with Crippen molar-refractivity contribution in [2.45, 2.75) is 117 Å². The lowest BCUT2D eigenvalue weighted by atomic mass is 9.84. The fraction of sp³-hybridized carbons (Fsp3) is 0.875. The van der Waals surface area contributed by atoms with Gasteiger partial charge in [0.15, 0.2) is 12.6 Å². The number of nitrogens with one attached hydrogen (secondary N) is 1. The van der Waals surface area contributed by atoms with Gasteiger partial charge in [0, 0.05) is 31.5 Å². The maximum Gasteiger partial charge on any atom is 0.220 e. The number of terminal acetylenes is 1. The van der Waals surface area contributed by atoms with Gasteiger partial charge in [0.05, 0.1) is 12.6 Å². The van der Waals surface area contributed by atoms with Crippen LogP contribution in [0.15, 0.2) is 0 Å². The van der Waals surface area contributed by atoms with E-state index in [9.17, 15) is 40.5 Å². The minimum absolute atomic E-state index is 0.0401. The molecule has 0 aromatic rings. The van der Waals surface area contributed by atoms with Gasteiger partial charge in [-0.15, -0.1) is 12.3 Å². The third-order valence-electron chi connectivity index (χ3n) is 7.48. The highest BCUT2D eigenvalue weighted by molar-refractivity contribution is 5.75. The average Bonchev–Trinajstić information content (AvgIpc) is 2.92.